The van der Waals surface area contributed by atoms with Crippen molar-refractivity contribution in [2.75, 3.05) is 0 Å². The second-order valence-corrected chi connectivity index (χ2v) is 3.95. The number of aromatic nitrogens is 1. The van der Waals surface area contributed by atoms with Crippen LogP contribution in [0.3, 0.4) is 0 Å². The average Bonchev–Trinajstić information content (AvgIpc) is 2.69. The molecule has 0 amide bonds. The van der Waals surface area contributed by atoms with Crippen LogP contribution in [-0.2, 0) is 13.2 Å². The van der Waals surface area contributed by atoms with Gasteiger partial charge in [-0.2, -0.15) is 0 Å². The van der Waals surface area contributed by atoms with Gasteiger partial charge in [0.05, 0.1) is 0 Å². The molecule has 0 aliphatic carbocycles. The summed E-state index contributed by atoms with van der Waals surface area (Å²) in [6, 6.07) is 9.74. The molecular weight excluding hydrogens is 274 g/mol. The predicted molar refractivity (Wildman–Crippen MR) is 60.9 cm³/mol. The highest BCUT2D eigenvalue weighted by Crippen LogP contribution is 2.28. The molecule has 0 saturated heterocycles. The van der Waals surface area contributed by atoms with Crippen molar-refractivity contribution < 1.29 is 14.4 Å². The number of aliphatic hydroxyl groups is 1. The van der Waals surface area contributed by atoms with Crippen molar-refractivity contribution in [2.24, 2.45) is 0 Å². The quantitative estimate of drug-likeness (QED) is 0.937. The monoisotopic (exact) mass is 283 g/mol. The van der Waals surface area contributed by atoms with Crippen molar-refractivity contribution >= 4 is 15.9 Å². The Morgan fingerprint density at radius 1 is 1.31 bits per heavy atom. The van der Waals surface area contributed by atoms with Crippen molar-refractivity contribution in [3.05, 3.63) is 46.1 Å². The van der Waals surface area contributed by atoms with E-state index in [9.17, 15) is 0 Å². The molecule has 1 aromatic heterocycles. The lowest BCUT2D eigenvalue weighted by Gasteiger charge is -2.02. The zero-order chi connectivity index (χ0) is 11.4. The Balaban J connectivity index is 2.02. The molecule has 1 aromatic carbocycles. The van der Waals surface area contributed by atoms with Gasteiger partial charge in [0, 0.05) is 0 Å². The Morgan fingerprint density at radius 2 is 2.06 bits per heavy atom. The molecule has 2 rings (SSSR count). The van der Waals surface area contributed by atoms with Crippen LogP contribution in [0.5, 0.6) is 5.88 Å². The number of halogens is 1. The van der Waals surface area contributed by atoms with E-state index in [1.165, 1.54) is 0 Å². The zero-order valence-electron chi connectivity index (χ0n) is 8.39. The summed E-state index contributed by atoms with van der Waals surface area (Å²) in [4.78, 5) is 0. The van der Waals surface area contributed by atoms with Gasteiger partial charge in [0.2, 0.25) is 0 Å². The molecule has 0 fully saturated rings. The van der Waals surface area contributed by atoms with Crippen LogP contribution in [0, 0.1) is 0 Å². The summed E-state index contributed by atoms with van der Waals surface area (Å²) in [5.41, 5.74) is 1.04. The SMILES string of the molecule is OCc1onc(OCc2ccccc2)c1Br. The third kappa shape index (κ3) is 2.43. The Labute approximate surface area is 101 Å². The molecule has 84 valence electrons. The Bertz CT molecular complexity index is 456. The van der Waals surface area contributed by atoms with Gasteiger partial charge in [-0.25, -0.2) is 0 Å². The maximum absolute atomic E-state index is 8.90. The number of rotatable bonds is 4. The lowest BCUT2D eigenvalue weighted by molar-refractivity contribution is 0.220. The molecule has 4 nitrogen and oxygen atoms in total. The first-order valence-corrected chi connectivity index (χ1v) is 5.52. The van der Waals surface area contributed by atoms with Crippen LogP contribution in [0.4, 0.5) is 0 Å². The summed E-state index contributed by atoms with van der Waals surface area (Å²) in [5.74, 6) is 0.718. The van der Waals surface area contributed by atoms with E-state index in [4.69, 9.17) is 14.4 Å². The molecular formula is C11H10BrNO3. The fourth-order valence-electron chi connectivity index (χ4n) is 1.21. The van der Waals surface area contributed by atoms with Gasteiger partial charge in [0.1, 0.15) is 17.7 Å². The molecule has 0 aliphatic heterocycles. The molecule has 1 heterocycles. The maximum Gasteiger partial charge on any atom is 0.269 e. The third-order valence-corrected chi connectivity index (χ3v) is 2.81. The number of benzene rings is 1. The van der Waals surface area contributed by atoms with Crippen molar-refractivity contribution in [3.8, 4) is 5.88 Å². The number of nitrogens with zero attached hydrogens (tertiary/aromatic N) is 1. The van der Waals surface area contributed by atoms with E-state index >= 15 is 0 Å². The second kappa shape index (κ2) is 5.14. The molecule has 0 radical (unpaired) electrons. The molecule has 5 heteroatoms. The Kier molecular flexibility index (Phi) is 3.58. The van der Waals surface area contributed by atoms with Crippen LogP contribution in [0.15, 0.2) is 39.3 Å². The van der Waals surface area contributed by atoms with Crippen molar-refractivity contribution in [1.29, 1.82) is 0 Å². The summed E-state index contributed by atoms with van der Waals surface area (Å²) in [7, 11) is 0. The zero-order valence-corrected chi connectivity index (χ0v) is 9.98. The summed E-state index contributed by atoms with van der Waals surface area (Å²) < 4.78 is 10.9. The minimum absolute atomic E-state index is 0.206. The molecule has 2 aromatic rings. The number of ether oxygens (including phenoxy) is 1. The van der Waals surface area contributed by atoms with Crippen LogP contribution in [-0.4, -0.2) is 10.3 Å². The number of hydrogen-bond donors (Lipinski definition) is 1. The van der Waals surface area contributed by atoms with E-state index in [0.717, 1.165) is 5.56 Å². The van der Waals surface area contributed by atoms with Crippen LogP contribution < -0.4 is 4.74 Å². The van der Waals surface area contributed by atoms with Crippen LogP contribution in [0.2, 0.25) is 0 Å². The Hall–Kier alpha value is -1.33. The van der Waals surface area contributed by atoms with Gasteiger partial charge in [0.15, 0.2) is 5.76 Å². The molecule has 0 saturated carbocycles. The van der Waals surface area contributed by atoms with Gasteiger partial charge in [0.25, 0.3) is 5.88 Å². The largest absolute Gasteiger partial charge is 0.470 e. The minimum atomic E-state index is -0.206. The summed E-state index contributed by atoms with van der Waals surface area (Å²) >= 11 is 3.24. The van der Waals surface area contributed by atoms with Gasteiger partial charge in [-0.05, 0) is 26.7 Å². The Morgan fingerprint density at radius 3 is 2.69 bits per heavy atom. The topological polar surface area (TPSA) is 55.5 Å². The fraction of sp³-hybridized carbons (Fsp3) is 0.182. The standard InChI is InChI=1S/C11H10BrNO3/c12-10-9(6-14)16-13-11(10)15-7-8-4-2-1-3-5-8/h1-5,14H,6-7H2. The van der Waals surface area contributed by atoms with Crippen molar-refractivity contribution in [2.45, 2.75) is 13.2 Å². The minimum Gasteiger partial charge on any atom is -0.470 e. The lowest BCUT2D eigenvalue weighted by atomic mass is 10.2. The smallest absolute Gasteiger partial charge is 0.269 e. The van der Waals surface area contributed by atoms with Crippen LogP contribution >= 0.6 is 15.9 Å². The molecule has 0 spiro atoms. The van der Waals surface area contributed by atoms with E-state index < -0.39 is 0 Å². The molecule has 0 aliphatic rings. The fourth-order valence-corrected chi connectivity index (χ4v) is 1.59. The van der Waals surface area contributed by atoms with Gasteiger partial charge in [-0.3, -0.25) is 0 Å². The van der Waals surface area contributed by atoms with Gasteiger partial charge >= 0.3 is 0 Å². The average molecular weight is 284 g/mol. The highest BCUT2D eigenvalue weighted by atomic mass is 79.9. The lowest BCUT2D eigenvalue weighted by Crippen LogP contribution is -1.95. The third-order valence-electron chi connectivity index (χ3n) is 2.03. The second-order valence-electron chi connectivity index (χ2n) is 3.16. The van der Waals surface area contributed by atoms with Crippen molar-refractivity contribution in [3.63, 3.8) is 0 Å². The van der Waals surface area contributed by atoms with E-state index in [2.05, 4.69) is 21.1 Å². The summed E-state index contributed by atoms with van der Waals surface area (Å²) in [6.45, 7) is 0.207. The first-order chi connectivity index (χ1) is 7.81. The molecule has 16 heavy (non-hydrogen) atoms. The molecule has 0 bridgehead atoms. The maximum atomic E-state index is 8.90. The molecule has 1 N–H and O–H groups in total. The summed E-state index contributed by atoms with van der Waals surface area (Å²) in [6.07, 6.45) is 0. The van der Waals surface area contributed by atoms with E-state index in [1.54, 1.807) is 0 Å². The first kappa shape index (κ1) is 11.2. The van der Waals surface area contributed by atoms with Crippen LogP contribution in [0.1, 0.15) is 11.3 Å². The highest BCUT2D eigenvalue weighted by Gasteiger charge is 2.13. The van der Waals surface area contributed by atoms with Crippen molar-refractivity contribution in [1.82, 2.24) is 5.16 Å². The summed E-state index contributed by atoms with van der Waals surface area (Å²) in [5, 5.41) is 12.6. The van der Waals surface area contributed by atoms with Gasteiger partial charge in [-0.15, -0.1) is 0 Å². The normalized spacial score (nSPS) is 10.4. The van der Waals surface area contributed by atoms with Gasteiger partial charge in [-0.1, -0.05) is 30.3 Å². The van der Waals surface area contributed by atoms with E-state index in [-0.39, 0.29) is 6.61 Å². The first-order valence-electron chi connectivity index (χ1n) is 4.73. The highest BCUT2D eigenvalue weighted by molar-refractivity contribution is 9.10. The van der Waals surface area contributed by atoms with E-state index in [1.807, 2.05) is 30.3 Å². The number of hydrogen-bond acceptors (Lipinski definition) is 4. The van der Waals surface area contributed by atoms with E-state index in [0.29, 0.717) is 22.7 Å². The molecule has 0 atom stereocenters. The molecule has 0 unspecified atom stereocenters. The van der Waals surface area contributed by atoms with Gasteiger partial charge < -0.3 is 14.4 Å². The number of aliphatic hydroxyl groups excluding tert-OH is 1. The van der Waals surface area contributed by atoms with Crippen LogP contribution in [0.25, 0.3) is 0 Å². The predicted octanol–water partition coefficient (Wildman–Crippen LogP) is 2.51.